The Labute approximate surface area is 65.5 Å². The number of primary amides is 1. The summed E-state index contributed by atoms with van der Waals surface area (Å²) in [6.07, 6.45) is 0. The number of hydrogen-bond acceptors (Lipinski definition) is 2. The largest absolute Gasteiger partial charge is 0.368 e. The summed E-state index contributed by atoms with van der Waals surface area (Å²) < 4.78 is 0. The van der Waals surface area contributed by atoms with Crippen LogP contribution in [-0.4, -0.2) is 37.0 Å². The number of nitrogens with one attached hydrogen (secondary N) is 1. The molecule has 0 aliphatic rings. The fourth-order valence-electron chi connectivity index (χ4n) is 0.592. The summed E-state index contributed by atoms with van der Waals surface area (Å²) in [7, 11) is 1.51. The first-order chi connectivity index (χ1) is 5.07. The van der Waals surface area contributed by atoms with E-state index in [4.69, 9.17) is 5.73 Å². The van der Waals surface area contributed by atoms with Gasteiger partial charge in [-0.25, -0.2) is 4.79 Å². The average Bonchev–Trinajstić information content (AvgIpc) is 1.86. The molecule has 0 saturated heterocycles. The molecule has 0 fully saturated rings. The molecule has 0 saturated carbocycles. The number of nitrogens with two attached hydrogens (primary N) is 1. The summed E-state index contributed by atoms with van der Waals surface area (Å²) in [5.41, 5.74) is 4.87. The highest BCUT2D eigenvalue weighted by molar-refractivity contribution is 5.82. The maximum atomic E-state index is 10.9. The summed E-state index contributed by atoms with van der Waals surface area (Å²) in [5.74, 6) is -0.515. The van der Waals surface area contributed by atoms with Crippen molar-refractivity contribution in [2.45, 2.75) is 6.92 Å². The van der Waals surface area contributed by atoms with Gasteiger partial charge in [0, 0.05) is 13.6 Å². The van der Waals surface area contributed by atoms with Crippen LogP contribution < -0.4 is 11.1 Å². The van der Waals surface area contributed by atoms with Gasteiger partial charge in [0.05, 0.1) is 0 Å². The topological polar surface area (TPSA) is 75.4 Å². The third-order valence-corrected chi connectivity index (χ3v) is 1.07. The highest BCUT2D eigenvalue weighted by Crippen LogP contribution is 1.81. The predicted molar refractivity (Wildman–Crippen MR) is 40.9 cm³/mol. The van der Waals surface area contributed by atoms with E-state index >= 15 is 0 Å². The van der Waals surface area contributed by atoms with Gasteiger partial charge >= 0.3 is 6.03 Å². The fraction of sp³-hybridized carbons (Fsp3) is 0.667. The summed E-state index contributed by atoms with van der Waals surface area (Å²) in [5, 5.41) is 2.53. The molecule has 0 aromatic carbocycles. The number of hydrogen-bond donors (Lipinski definition) is 2. The summed E-state index contributed by atoms with van der Waals surface area (Å²) in [6, 6.07) is -0.286. The molecule has 0 atom stereocenters. The van der Waals surface area contributed by atoms with Crippen molar-refractivity contribution in [3.05, 3.63) is 0 Å². The van der Waals surface area contributed by atoms with E-state index in [1.165, 1.54) is 11.9 Å². The summed E-state index contributed by atoms with van der Waals surface area (Å²) in [6.45, 7) is 2.30. The molecule has 11 heavy (non-hydrogen) atoms. The molecule has 3 N–H and O–H groups in total. The van der Waals surface area contributed by atoms with Gasteiger partial charge < -0.3 is 16.0 Å². The maximum Gasteiger partial charge on any atom is 0.317 e. The number of carbonyl (C=O) groups excluding carboxylic acids is 2. The maximum absolute atomic E-state index is 10.9. The van der Waals surface area contributed by atoms with Crippen molar-refractivity contribution in [1.29, 1.82) is 0 Å². The van der Waals surface area contributed by atoms with Crippen molar-refractivity contribution in [3.63, 3.8) is 0 Å². The Kier molecular flexibility index (Phi) is 4.02. The molecule has 0 radical (unpaired) electrons. The molecule has 5 heteroatoms. The minimum absolute atomic E-state index is 0.0498. The number of nitrogens with zero attached hydrogens (tertiary/aromatic N) is 1. The zero-order valence-corrected chi connectivity index (χ0v) is 6.76. The Morgan fingerprint density at radius 1 is 1.55 bits per heavy atom. The molecule has 0 unspecified atom stereocenters. The monoisotopic (exact) mass is 159 g/mol. The van der Waals surface area contributed by atoms with E-state index in [1.54, 1.807) is 6.92 Å². The number of amides is 3. The Balaban J connectivity index is 3.73. The van der Waals surface area contributed by atoms with Gasteiger partial charge in [0.25, 0.3) is 0 Å². The van der Waals surface area contributed by atoms with Crippen LogP contribution in [-0.2, 0) is 4.79 Å². The second-order valence-corrected chi connectivity index (χ2v) is 2.16. The standard InChI is InChI=1S/C6H13N3O2/c1-3-8-6(11)9(2)4-5(7)10/h3-4H2,1-2H3,(H2,7,10)(H,8,11). The quantitative estimate of drug-likeness (QED) is 0.561. The van der Waals surface area contributed by atoms with E-state index < -0.39 is 5.91 Å². The lowest BCUT2D eigenvalue weighted by Crippen LogP contribution is -2.41. The van der Waals surface area contributed by atoms with Gasteiger partial charge in [-0.1, -0.05) is 0 Å². The van der Waals surface area contributed by atoms with Gasteiger partial charge in [-0.2, -0.15) is 0 Å². The van der Waals surface area contributed by atoms with Crippen molar-refractivity contribution in [1.82, 2.24) is 10.2 Å². The van der Waals surface area contributed by atoms with E-state index in [1.807, 2.05) is 0 Å². The minimum atomic E-state index is -0.515. The van der Waals surface area contributed by atoms with Crippen LogP contribution >= 0.6 is 0 Å². The second kappa shape index (κ2) is 4.54. The molecule has 64 valence electrons. The lowest BCUT2D eigenvalue weighted by Gasteiger charge is -2.14. The van der Waals surface area contributed by atoms with Crippen LogP contribution in [0.4, 0.5) is 4.79 Å². The molecule has 0 rings (SSSR count). The van der Waals surface area contributed by atoms with E-state index in [2.05, 4.69) is 5.32 Å². The SMILES string of the molecule is CCNC(=O)N(C)CC(N)=O. The number of likely N-dealkylation sites (N-methyl/N-ethyl adjacent to an activating group) is 1. The van der Waals surface area contributed by atoms with Crippen LogP contribution in [0.2, 0.25) is 0 Å². The molecule has 0 aliphatic heterocycles. The van der Waals surface area contributed by atoms with Crippen molar-refractivity contribution in [3.8, 4) is 0 Å². The van der Waals surface area contributed by atoms with E-state index in [0.29, 0.717) is 6.54 Å². The fourth-order valence-corrected chi connectivity index (χ4v) is 0.592. The Morgan fingerprint density at radius 2 is 2.09 bits per heavy atom. The normalized spacial score (nSPS) is 8.91. The van der Waals surface area contributed by atoms with Crippen molar-refractivity contribution >= 4 is 11.9 Å². The van der Waals surface area contributed by atoms with Crippen LogP contribution in [0.3, 0.4) is 0 Å². The molecule has 3 amide bonds. The van der Waals surface area contributed by atoms with E-state index in [-0.39, 0.29) is 12.6 Å². The van der Waals surface area contributed by atoms with Crippen molar-refractivity contribution < 1.29 is 9.59 Å². The number of urea groups is 1. The highest BCUT2D eigenvalue weighted by atomic mass is 16.2. The Bertz CT molecular complexity index is 158. The molecular formula is C6H13N3O2. The number of carbonyl (C=O) groups is 2. The van der Waals surface area contributed by atoms with Crippen molar-refractivity contribution in [2.75, 3.05) is 20.1 Å². The molecule has 0 aromatic heterocycles. The van der Waals surface area contributed by atoms with Gasteiger partial charge in [-0.3, -0.25) is 4.79 Å². The number of rotatable bonds is 3. The van der Waals surface area contributed by atoms with Crippen LogP contribution in [0.25, 0.3) is 0 Å². The second-order valence-electron chi connectivity index (χ2n) is 2.16. The first-order valence-corrected chi connectivity index (χ1v) is 3.35. The van der Waals surface area contributed by atoms with Gasteiger partial charge in [0.1, 0.15) is 6.54 Å². The molecule has 0 aromatic rings. The van der Waals surface area contributed by atoms with Gasteiger partial charge in [0.2, 0.25) is 5.91 Å². The first-order valence-electron chi connectivity index (χ1n) is 3.35. The smallest absolute Gasteiger partial charge is 0.317 e. The van der Waals surface area contributed by atoms with E-state index in [9.17, 15) is 9.59 Å². The van der Waals surface area contributed by atoms with E-state index in [0.717, 1.165) is 0 Å². The zero-order valence-electron chi connectivity index (χ0n) is 6.76. The highest BCUT2D eigenvalue weighted by Gasteiger charge is 2.08. The molecule has 0 bridgehead atoms. The summed E-state index contributed by atoms with van der Waals surface area (Å²) >= 11 is 0. The third-order valence-electron chi connectivity index (χ3n) is 1.07. The minimum Gasteiger partial charge on any atom is -0.368 e. The Morgan fingerprint density at radius 3 is 2.45 bits per heavy atom. The molecule has 5 nitrogen and oxygen atoms in total. The lowest BCUT2D eigenvalue weighted by atomic mass is 10.5. The van der Waals surface area contributed by atoms with Crippen molar-refractivity contribution in [2.24, 2.45) is 5.73 Å². The lowest BCUT2D eigenvalue weighted by molar-refractivity contribution is -0.118. The zero-order chi connectivity index (χ0) is 8.85. The van der Waals surface area contributed by atoms with Crippen LogP contribution in [0.5, 0.6) is 0 Å². The first kappa shape index (κ1) is 9.74. The molecule has 0 aliphatic carbocycles. The molecular weight excluding hydrogens is 146 g/mol. The summed E-state index contributed by atoms with van der Waals surface area (Å²) in [4.78, 5) is 22.4. The van der Waals surface area contributed by atoms with Gasteiger partial charge in [-0.15, -0.1) is 0 Å². The van der Waals surface area contributed by atoms with Crippen LogP contribution in [0.15, 0.2) is 0 Å². The predicted octanol–water partition coefficient (Wildman–Crippen LogP) is -0.867. The van der Waals surface area contributed by atoms with Crippen LogP contribution in [0, 0.1) is 0 Å². The Hall–Kier alpha value is -1.26. The van der Waals surface area contributed by atoms with Crippen LogP contribution in [0.1, 0.15) is 6.92 Å². The third kappa shape index (κ3) is 4.19. The molecule has 0 spiro atoms. The van der Waals surface area contributed by atoms with Gasteiger partial charge in [-0.05, 0) is 6.92 Å². The average molecular weight is 159 g/mol. The molecule has 0 heterocycles. The van der Waals surface area contributed by atoms with Gasteiger partial charge in [0.15, 0.2) is 0 Å².